The second kappa shape index (κ2) is 4.11. The molecule has 1 heterocycles. The molecule has 1 saturated carbocycles. The summed E-state index contributed by atoms with van der Waals surface area (Å²) >= 11 is 0. The van der Waals surface area contributed by atoms with Crippen LogP contribution in [0.3, 0.4) is 0 Å². The standard InChI is InChI=1S/C13H26O2Si/c1-13(2,3)16(4,5)14-9-10-6-7-11-12(8-10)15-11/h10-12H,6-9H2,1-5H3/t10-,11?,12?/m0/s1. The minimum absolute atomic E-state index is 0.334. The third kappa shape index (κ3) is 2.69. The summed E-state index contributed by atoms with van der Waals surface area (Å²) in [6, 6.07) is 0. The zero-order chi connectivity index (χ0) is 12.0. The molecule has 2 nitrogen and oxygen atoms in total. The molecule has 0 amide bonds. The van der Waals surface area contributed by atoms with Gasteiger partial charge >= 0.3 is 0 Å². The van der Waals surface area contributed by atoms with Crippen molar-refractivity contribution < 1.29 is 9.16 Å². The fourth-order valence-corrected chi connectivity index (χ4v) is 3.27. The lowest BCUT2D eigenvalue weighted by Gasteiger charge is -2.37. The highest BCUT2D eigenvalue weighted by atomic mass is 28.4. The molecule has 0 aromatic carbocycles. The summed E-state index contributed by atoms with van der Waals surface area (Å²) < 4.78 is 11.8. The Bertz CT molecular complexity index is 257. The summed E-state index contributed by atoms with van der Waals surface area (Å²) in [5.41, 5.74) is 0. The van der Waals surface area contributed by atoms with Crippen molar-refractivity contribution in [1.82, 2.24) is 0 Å². The van der Waals surface area contributed by atoms with Crippen LogP contribution in [0.25, 0.3) is 0 Å². The Labute approximate surface area is 101 Å². The number of ether oxygens (including phenoxy) is 1. The molecule has 16 heavy (non-hydrogen) atoms. The number of epoxide rings is 1. The molecule has 2 aliphatic rings. The maximum Gasteiger partial charge on any atom is 0.191 e. The topological polar surface area (TPSA) is 21.8 Å². The molecule has 0 N–H and O–H groups in total. The van der Waals surface area contributed by atoms with Gasteiger partial charge in [0.25, 0.3) is 0 Å². The minimum Gasteiger partial charge on any atom is -0.417 e. The Morgan fingerprint density at radius 1 is 1.19 bits per heavy atom. The van der Waals surface area contributed by atoms with E-state index in [4.69, 9.17) is 9.16 Å². The monoisotopic (exact) mass is 242 g/mol. The molecule has 0 aromatic rings. The molecule has 2 fully saturated rings. The smallest absolute Gasteiger partial charge is 0.191 e. The average molecular weight is 242 g/mol. The lowest BCUT2D eigenvalue weighted by Crippen LogP contribution is -2.42. The van der Waals surface area contributed by atoms with Gasteiger partial charge in [0.15, 0.2) is 8.32 Å². The average Bonchev–Trinajstić information content (AvgIpc) is 2.90. The Balaban J connectivity index is 1.78. The molecule has 0 spiro atoms. The Morgan fingerprint density at radius 2 is 1.88 bits per heavy atom. The van der Waals surface area contributed by atoms with Gasteiger partial charge in [0.1, 0.15) is 0 Å². The van der Waals surface area contributed by atoms with Crippen molar-refractivity contribution in [2.75, 3.05) is 6.61 Å². The van der Waals surface area contributed by atoms with Crippen LogP contribution in [0.1, 0.15) is 40.0 Å². The van der Waals surface area contributed by atoms with Gasteiger partial charge in [0.05, 0.1) is 12.2 Å². The lowest BCUT2D eigenvalue weighted by molar-refractivity contribution is 0.200. The van der Waals surface area contributed by atoms with Gasteiger partial charge in [-0.25, -0.2) is 0 Å². The first-order valence-corrected chi connectivity index (χ1v) is 9.50. The van der Waals surface area contributed by atoms with E-state index in [1.165, 1.54) is 19.3 Å². The third-order valence-electron chi connectivity index (χ3n) is 4.60. The lowest BCUT2D eigenvalue weighted by atomic mass is 9.90. The molecule has 0 radical (unpaired) electrons. The van der Waals surface area contributed by atoms with E-state index in [2.05, 4.69) is 33.9 Å². The van der Waals surface area contributed by atoms with Crippen molar-refractivity contribution in [2.24, 2.45) is 5.92 Å². The van der Waals surface area contributed by atoms with Crippen LogP contribution >= 0.6 is 0 Å². The van der Waals surface area contributed by atoms with E-state index in [-0.39, 0.29) is 0 Å². The van der Waals surface area contributed by atoms with Crippen LogP contribution in [-0.4, -0.2) is 27.1 Å². The molecular weight excluding hydrogens is 216 g/mol. The number of hydrogen-bond acceptors (Lipinski definition) is 2. The summed E-state index contributed by atoms with van der Waals surface area (Å²) in [7, 11) is -1.54. The second-order valence-corrected chi connectivity index (χ2v) is 11.8. The maximum absolute atomic E-state index is 6.28. The fraction of sp³-hybridized carbons (Fsp3) is 1.00. The SMILES string of the molecule is CC(C)(C)[Si](C)(C)OC[C@H]1CCC2OC2C1. The van der Waals surface area contributed by atoms with E-state index >= 15 is 0 Å². The molecule has 3 atom stereocenters. The van der Waals surface area contributed by atoms with Crippen LogP contribution in [0, 0.1) is 5.92 Å². The van der Waals surface area contributed by atoms with Crippen LogP contribution in [-0.2, 0) is 9.16 Å². The van der Waals surface area contributed by atoms with Crippen LogP contribution in [0.15, 0.2) is 0 Å². The number of hydrogen-bond donors (Lipinski definition) is 0. The van der Waals surface area contributed by atoms with Crippen molar-refractivity contribution in [2.45, 2.75) is 70.4 Å². The first-order valence-electron chi connectivity index (χ1n) is 6.59. The number of fused-ring (bicyclic) bond motifs is 1. The first kappa shape index (κ1) is 12.6. The van der Waals surface area contributed by atoms with Crippen LogP contribution in [0.5, 0.6) is 0 Å². The van der Waals surface area contributed by atoms with Gasteiger partial charge in [-0.15, -0.1) is 0 Å². The van der Waals surface area contributed by atoms with E-state index in [0.717, 1.165) is 12.5 Å². The van der Waals surface area contributed by atoms with E-state index < -0.39 is 8.32 Å². The van der Waals surface area contributed by atoms with Gasteiger partial charge in [0, 0.05) is 6.61 Å². The molecule has 1 saturated heterocycles. The normalized spacial score (nSPS) is 34.7. The van der Waals surface area contributed by atoms with Crippen molar-refractivity contribution in [1.29, 1.82) is 0 Å². The van der Waals surface area contributed by atoms with Gasteiger partial charge in [-0.3, -0.25) is 0 Å². The summed E-state index contributed by atoms with van der Waals surface area (Å²) in [6.45, 7) is 12.6. The number of rotatable bonds is 3. The van der Waals surface area contributed by atoms with Crippen molar-refractivity contribution in [3.8, 4) is 0 Å². The molecular formula is C13H26O2Si. The van der Waals surface area contributed by atoms with Crippen LogP contribution in [0.4, 0.5) is 0 Å². The second-order valence-electron chi connectivity index (χ2n) is 6.96. The van der Waals surface area contributed by atoms with E-state index in [0.29, 0.717) is 17.2 Å². The predicted molar refractivity (Wildman–Crippen MR) is 69.2 cm³/mol. The third-order valence-corrected chi connectivity index (χ3v) is 9.10. The molecule has 1 aliphatic carbocycles. The highest BCUT2D eigenvalue weighted by molar-refractivity contribution is 6.74. The highest BCUT2D eigenvalue weighted by Gasteiger charge is 2.44. The van der Waals surface area contributed by atoms with Gasteiger partial charge in [0.2, 0.25) is 0 Å². The Morgan fingerprint density at radius 3 is 2.44 bits per heavy atom. The van der Waals surface area contributed by atoms with Gasteiger partial charge < -0.3 is 9.16 Å². The van der Waals surface area contributed by atoms with Crippen molar-refractivity contribution in [3.63, 3.8) is 0 Å². The van der Waals surface area contributed by atoms with Crippen LogP contribution < -0.4 is 0 Å². The van der Waals surface area contributed by atoms with Crippen molar-refractivity contribution in [3.05, 3.63) is 0 Å². The summed E-state index contributed by atoms with van der Waals surface area (Å²) in [5, 5.41) is 0.334. The summed E-state index contributed by atoms with van der Waals surface area (Å²) in [4.78, 5) is 0. The van der Waals surface area contributed by atoms with Gasteiger partial charge in [-0.1, -0.05) is 20.8 Å². The van der Waals surface area contributed by atoms with E-state index in [1.807, 2.05) is 0 Å². The first-order chi connectivity index (χ1) is 7.29. The molecule has 1 aliphatic heterocycles. The zero-order valence-electron chi connectivity index (χ0n) is 11.4. The maximum atomic E-state index is 6.28. The highest BCUT2D eigenvalue weighted by Crippen LogP contribution is 2.41. The molecule has 0 aromatic heterocycles. The molecule has 2 rings (SSSR count). The fourth-order valence-electron chi connectivity index (χ4n) is 2.18. The van der Waals surface area contributed by atoms with E-state index in [1.54, 1.807) is 0 Å². The Kier molecular flexibility index (Phi) is 3.23. The van der Waals surface area contributed by atoms with Crippen LogP contribution in [0.2, 0.25) is 18.1 Å². The minimum atomic E-state index is -1.54. The quantitative estimate of drug-likeness (QED) is 0.557. The van der Waals surface area contributed by atoms with E-state index in [9.17, 15) is 0 Å². The summed E-state index contributed by atoms with van der Waals surface area (Å²) in [5.74, 6) is 0.748. The predicted octanol–water partition coefficient (Wildman–Crippen LogP) is 3.58. The largest absolute Gasteiger partial charge is 0.417 e. The van der Waals surface area contributed by atoms with Gasteiger partial charge in [-0.2, -0.15) is 0 Å². The molecule has 2 unspecified atom stereocenters. The molecule has 3 heteroatoms. The zero-order valence-corrected chi connectivity index (χ0v) is 12.4. The Hall–Kier alpha value is 0.137. The van der Waals surface area contributed by atoms with Gasteiger partial charge in [-0.05, 0) is 43.3 Å². The molecule has 94 valence electrons. The summed E-state index contributed by atoms with van der Waals surface area (Å²) in [6.07, 6.45) is 5.00. The molecule has 0 bridgehead atoms. The van der Waals surface area contributed by atoms with Crippen molar-refractivity contribution >= 4 is 8.32 Å².